The molecule has 0 aromatic heterocycles. The normalized spacial score (nSPS) is 13.9. The Balaban J connectivity index is 3.98. The van der Waals surface area contributed by atoms with E-state index in [1.54, 1.807) is 0 Å². The van der Waals surface area contributed by atoms with Crippen molar-refractivity contribution in [2.24, 2.45) is 0 Å². The number of aliphatic hydroxyl groups is 1. The first kappa shape index (κ1) is 36.8. The Hall–Kier alpha value is -1.18. The SMILES string of the molecule is CCCCCC/C=C\C/C=C\CCCCCCCC(=O)NC(CS(=O)(=O)O)C(O)CCCCCCCCC. The molecular formula is C31H59NO5S. The molecule has 0 saturated carbocycles. The van der Waals surface area contributed by atoms with Gasteiger partial charge in [-0.3, -0.25) is 9.35 Å². The van der Waals surface area contributed by atoms with Gasteiger partial charge in [0.25, 0.3) is 10.1 Å². The van der Waals surface area contributed by atoms with Crippen LogP contribution in [-0.2, 0) is 14.9 Å². The van der Waals surface area contributed by atoms with Crippen molar-refractivity contribution in [2.75, 3.05) is 5.75 Å². The standard InChI is InChI=1S/C31H59NO5S/c1-3-5-7-9-11-12-13-14-15-16-17-18-19-21-23-25-27-31(34)32-29(28-38(35,36)37)30(33)26-24-22-20-10-8-6-4-2/h12-13,15-16,29-30,33H,3-11,14,17-28H2,1-2H3,(H,32,34)(H,35,36,37)/b13-12-,16-15-. The van der Waals surface area contributed by atoms with Crippen molar-refractivity contribution in [3.05, 3.63) is 24.3 Å². The fraction of sp³-hybridized carbons (Fsp3) is 0.839. The molecule has 3 N–H and O–H groups in total. The topological polar surface area (TPSA) is 104 Å². The van der Waals surface area contributed by atoms with E-state index >= 15 is 0 Å². The molecule has 0 saturated heterocycles. The molecule has 0 aliphatic heterocycles. The van der Waals surface area contributed by atoms with Crippen LogP contribution in [0.25, 0.3) is 0 Å². The fourth-order valence-electron chi connectivity index (χ4n) is 4.54. The van der Waals surface area contributed by atoms with Crippen LogP contribution in [-0.4, -0.2) is 41.9 Å². The van der Waals surface area contributed by atoms with Crippen LogP contribution in [0.1, 0.15) is 149 Å². The number of rotatable bonds is 27. The second-order valence-corrected chi connectivity index (χ2v) is 12.2. The lowest BCUT2D eigenvalue weighted by molar-refractivity contribution is -0.122. The van der Waals surface area contributed by atoms with Crippen molar-refractivity contribution in [3.8, 4) is 0 Å². The Morgan fingerprint density at radius 3 is 1.74 bits per heavy atom. The Morgan fingerprint density at radius 1 is 0.711 bits per heavy atom. The van der Waals surface area contributed by atoms with E-state index in [9.17, 15) is 22.9 Å². The van der Waals surface area contributed by atoms with Crippen LogP contribution in [0.15, 0.2) is 24.3 Å². The molecule has 0 spiro atoms. The third-order valence-corrected chi connectivity index (χ3v) is 7.69. The van der Waals surface area contributed by atoms with E-state index in [2.05, 4.69) is 43.5 Å². The summed E-state index contributed by atoms with van der Waals surface area (Å²) in [6.07, 6.45) is 30.0. The highest BCUT2D eigenvalue weighted by atomic mass is 32.2. The van der Waals surface area contributed by atoms with E-state index in [1.165, 1.54) is 57.8 Å². The molecule has 0 heterocycles. The van der Waals surface area contributed by atoms with Crippen molar-refractivity contribution >= 4 is 16.0 Å². The highest BCUT2D eigenvalue weighted by Crippen LogP contribution is 2.13. The summed E-state index contributed by atoms with van der Waals surface area (Å²) >= 11 is 0. The van der Waals surface area contributed by atoms with Gasteiger partial charge in [0.2, 0.25) is 5.91 Å². The zero-order valence-corrected chi connectivity index (χ0v) is 25.4. The monoisotopic (exact) mass is 557 g/mol. The minimum absolute atomic E-state index is 0.265. The summed E-state index contributed by atoms with van der Waals surface area (Å²) in [7, 11) is -4.30. The molecule has 0 fully saturated rings. The van der Waals surface area contributed by atoms with Gasteiger partial charge < -0.3 is 10.4 Å². The zero-order chi connectivity index (χ0) is 28.3. The van der Waals surface area contributed by atoms with Gasteiger partial charge in [-0.1, -0.05) is 122 Å². The first-order valence-electron chi connectivity index (χ1n) is 15.5. The molecule has 6 nitrogen and oxygen atoms in total. The van der Waals surface area contributed by atoms with E-state index < -0.39 is 28.0 Å². The van der Waals surface area contributed by atoms with Gasteiger partial charge in [-0.15, -0.1) is 0 Å². The molecule has 0 rings (SSSR count). The lowest BCUT2D eigenvalue weighted by Crippen LogP contribution is -2.47. The van der Waals surface area contributed by atoms with Crippen LogP contribution in [0, 0.1) is 0 Å². The highest BCUT2D eigenvalue weighted by molar-refractivity contribution is 7.85. The first-order chi connectivity index (χ1) is 18.3. The minimum Gasteiger partial charge on any atom is -0.391 e. The largest absolute Gasteiger partial charge is 0.391 e. The number of allylic oxidation sites excluding steroid dienone is 4. The Kier molecular flexibility index (Phi) is 25.3. The third-order valence-electron chi connectivity index (χ3n) is 6.91. The number of nitrogens with one attached hydrogen (secondary N) is 1. The molecule has 0 aromatic rings. The van der Waals surface area contributed by atoms with Crippen molar-refractivity contribution in [2.45, 2.75) is 161 Å². The van der Waals surface area contributed by atoms with E-state index in [4.69, 9.17) is 0 Å². The van der Waals surface area contributed by atoms with Gasteiger partial charge in [-0.05, 0) is 44.9 Å². The molecule has 0 aromatic carbocycles. The Labute approximate surface area is 234 Å². The number of carbonyl (C=O) groups is 1. The first-order valence-corrected chi connectivity index (χ1v) is 17.1. The molecule has 0 radical (unpaired) electrons. The second kappa shape index (κ2) is 26.1. The molecule has 38 heavy (non-hydrogen) atoms. The van der Waals surface area contributed by atoms with Gasteiger partial charge >= 0.3 is 0 Å². The molecule has 7 heteroatoms. The van der Waals surface area contributed by atoms with E-state index in [0.29, 0.717) is 12.8 Å². The quantitative estimate of drug-likeness (QED) is 0.0538. The average molecular weight is 558 g/mol. The van der Waals surface area contributed by atoms with E-state index in [-0.39, 0.29) is 5.91 Å². The molecule has 224 valence electrons. The van der Waals surface area contributed by atoms with Crippen LogP contribution in [0.4, 0.5) is 0 Å². The number of carbonyl (C=O) groups excluding carboxylic acids is 1. The van der Waals surface area contributed by atoms with Crippen molar-refractivity contribution in [3.63, 3.8) is 0 Å². The maximum Gasteiger partial charge on any atom is 0.266 e. The lowest BCUT2D eigenvalue weighted by atomic mass is 10.0. The number of unbranched alkanes of at least 4 members (excludes halogenated alkanes) is 15. The van der Waals surface area contributed by atoms with Crippen LogP contribution in [0.3, 0.4) is 0 Å². The minimum atomic E-state index is -4.30. The summed E-state index contributed by atoms with van der Waals surface area (Å²) in [5, 5.41) is 13.1. The van der Waals surface area contributed by atoms with Crippen LogP contribution < -0.4 is 5.32 Å². The second-order valence-electron chi connectivity index (χ2n) is 10.7. The van der Waals surface area contributed by atoms with Crippen molar-refractivity contribution < 1.29 is 22.9 Å². The van der Waals surface area contributed by atoms with Gasteiger partial charge in [0.15, 0.2) is 0 Å². The predicted octanol–water partition coefficient (Wildman–Crippen LogP) is 8.06. The van der Waals surface area contributed by atoms with Crippen molar-refractivity contribution in [1.29, 1.82) is 0 Å². The van der Waals surface area contributed by atoms with Crippen LogP contribution in [0.2, 0.25) is 0 Å². The van der Waals surface area contributed by atoms with Crippen LogP contribution in [0.5, 0.6) is 0 Å². The Bertz CT molecular complexity index is 705. The summed E-state index contributed by atoms with van der Waals surface area (Å²) in [6.45, 7) is 4.41. The molecule has 0 aliphatic rings. The number of hydrogen-bond acceptors (Lipinski definition) is 4. The maximum atomic E-state index is 12.4. The molecular weight excluding hydrogens is 498 g/mol. The third kappa shape index (κ3) is 26.4. The summed E-state index contributed by atoms with van der Waals surface area (Å²) < 4.78 is 32.1. The number of amides is 1. The fourth-order valence-corrected chi connectivity index (χ4v) is 5.30. The molecule has 2 atom stereocenters. The summed E-state index contributed by atoms with van der Waals surface area (Å²) in [5.41, 5.74) is 0. The van der Waals surface area contributed by atoms with Gasteiger partial charge in [0.1, 0.15) is 0 Å². The van der Waals surface area contributed by atoms with Crippen LogP contribution >= 0.6 is 0 Å². The summed E-state index contributed by atoms with van der Waals surface area (Å²) in [6, 6.07) is -0.972. The molecule has 1 amide bonds. The smallest absolute Gasteiger partial charge is 0.266 e. The van der Waals surface area contributed by atoms with Gasteiger partial charge in [-0.25, -0.2) is 0 Å². The maximum absolute atomic E-state index is 12.4. The van der Waals surface area contributed by atoms with Gasteiger partial charge in [0.05, 0.1) is 17.9 Å². The summed E-state index contributed by atoms with van der Waals surface area (Å²) in [5.74, 6) is -0.919. The molecule has 0 bridgehead atoms. The number of hydrogen-bond donors (Lipinski definition) is 3. The predicted molar refractivity (Wildman–Crippen MR) is 161 cm³/mol. The summed E-state index contributed by atoms with van der Waals surface area (Å²) in [4.78, 5) is 12.4. The molecule has 0 aliphatic carbocycles. The molecule has 2 unspecified atom stereocenters. The average Bonchev–Trinajstić information content (AvgIpc) is 2.86. The van der Waals surface area contributed by atoms with Gasteiger partial charge in [0, 0.05) is 6.42 Å². The van der Waals surface area contributed by atoms with Crippen molar-refractivity contribution in [1.82, 2.24) is 5.32 Å². The van der Waals surface area contributed by atoms with Gasteiger partial charge in [-0.2, -0.15) is 8.42 Å². The number of aliphatic hydroxyl groups excluding tert-OH is 1. The van der Waals surface area contributed by atoms with E-state index in [0.717, 1.165) is 64.2 Å². The lowest BCUT2D eigenvalue weighted by Gasteiger charge is -2.23. The zero-order valence-electron chi connectivity index (χ0n) is 24.5. The Morgan fingerprint density at radius 2 is 1.18 bits per heavy atom. The highest BCUT2D eigenvalue weighted by Gasteiger charge is 2.26. The van der Waals surface area contributed by atoms with E-state index in [1.807, 2.05) is 0 Å².